The Bertz CT molecular complexity index is 558. The molecule has 0 spiro atoms. The van der Waals surface area contributed by atoms with E-state index in [1.807, 2.05) is 0 Å². The smallest absolute Gasteiger partial charge is 0.417 e. The number of alkyl halides is 3. The molecule has 2 aromatic carbocycles. The molecule has 0 aromatic heterocycles. The molecule has 5 heteroatoms. The molecule has 2 rings (SSSR count). The molecule has 1 nitrogen and oxygen atoms in total. The quantitative estimate of drug-likeness (QED) is 0.757. The van der Waals surface area contributed by atoms with E-state index in [1.54, 1.807) is 0 Å². The van der Waals surface area contributed by atoms with Crippen molar-refractivity contribution < 1.29 is 22.7 Å². The van der Waals surface area contributed by atoms with Gasteiger partial charge in [-0.2, -0.15) is 13.2 Å². The van der Waals surface area contributed by atoms with Gasteiger partial charge < -0.3 is 5.11 Å². The van der Waals surface area contributed by atoms with E-state index in [2.05, 4.69) is 0 Å². The van der Waals surface area contributed by atoms with E-state index in [4.69, 9.17) is 0 Å². The van der Waals surface area contributed by atoms with Crippen LogP contribution in [0.3, 0.4) is 0 Å². The van der Waals surface area contributed by atoms with Crippen LogP contribution in [0, 0.1) is 5.82 Å². The maximum absolute atomic E-state index is 12.8. The second-order valence-electron chi connectivity index (χ2n) is 3.73. The summed E-state index contributed by atoms with van der Waals surface area (Å²) in [5.41, 5.74) is -0.853. The zero-order valence-electron chi connectivity index (χ0n) is 9.00. The molecule has 0 saturated heterocycles. The molecule has 0 heterocycles. The molecule has 0 bridgehead atoms. The van der Waals surface area contributed by atoms with Crippen LogP contribution in [0.1, 0.15) is 5.56 Å². The summed E-state index contributed by atoms with van der Waals surface area (Å²) in [6.07, 6.45) is -4.53. The molecule has 2 aromatic rings. The summed E-state index contributed by atoms with van der Waals surface area (Å²) in [7, 11) is 0. The highest BCUT2D eigenvalue weighted by atomic mass is 19.4. The highest BCUT2D eigenvalue weighted by Crippen LogP contribution is 2.38. The molecule has 0 aliphatic heterocycles. The van der Waals surface area contributed by atoms with Crippen molar-refractivity contribution in [1.29, 1.82) is 0 Å². The molecule has 94 valence electrons. The van der Waals surface area contributed by atoms with Gasteiger partial charge in [0.1, 0.15) is 11.6 Å². The minimum absolute atomic E-state index is 0.178. The van der Waals surface area contributed by atoms with Crippen LogP contribution in [-0.4, -0.2) is 5.11 Å². The number of aromatic hydroxyl groups is 1. The van der Waals surface area contributed by atoms with Crippen LogP contribution in [0.15, 0.2) is 42.5 Å². The largest absolute Gasteiger partial charge is 0.508 e. The predicted octanol–water partition coefficient (Wildman–Crippen LogP) is 4.22. The average Bonchev–Trinajstić information content (AvgIpc) is 2.28. The predicted molar refractivity (Wildman–Crippen MR) is 58.5 cm³/mol. The lowest BCUT2D eigenvalue weighted by atomic mass is 9.99. The van der Waals surface area contributed by atoms with Gasteiger partial charge in [0.15, 0.2) is 0 Å². The van der Waals surface area contributed by atoms with Gasteiger partial charge in [0, 0.05) is 0 Å². The van der Waals surface area contributed by atoms with Crippen molar-refractivity contribution in [2.75, 3.05) is 0 Å². The summed E-state index contributed by atoms with van der Waals surface area (Å²) >= 11 is 0. The number of halogens is 4. The van der Waals surface area contributed by atoms with Crippen LogP contribution in [0.2, 0.25) is 0 Å². The fourth-order valence-electron chi connectivity index (χ4n) is 1.65. The number of hydrogen-bond acceptors (Lipinski definition) is 1. The molecule has 0 radical (unpaired) electrons. The Balaban J connectivity index is 2.62. The van der Waals surface area contributed by atoms with Gasteiger partial charge in [0.2, 0.25) is 0 Å². The fraction of sp³-hybridized carbons (Fsp3) is 0.0769. The third-order valence-corrected chi connectivity index (χ3v) is 2.46. The Hall–Kier alpha value is -2.04. The molecule has 0 unspecified atom stereocenters. The first-order valence-electron chi connectivity index (χ1n) is 5.04. The van der Waals surface area contributed by atoms with Crippen LogP contribution < -0.4 is 0 Å². The molecular weight excluding hydrogens is 248 g/mol. The molecule has 0 amide bonds. The van der Waals surface area contributed by atoms with Crippen molar-refractivity contribution in [3.63, 3.8) is 0 Å². The van der Waals surface area contributed by atoms with Gasteiger partial charge in [-0.15, -0.1) is 0 Å². The van der Waals surface area contributed by atoms with Gasteiger partial charge >= 0.3 is 6.18 Å². The van der Waals surface area contributed by atoms with Crippen molar-refractivity contribution in [1.82, 2.24) is 0 Å². The molecule has 18 heavy (non-hydrogen) atoms. The summed E-state index contributed by atoms with van der Waals surface area (Å²) in [6.45, 7) is 0. The lowest BCUT2D eigenvalue weighted by Crippen LogP contribution is -2.06. The lowest BCUT2D eigenvalue weighted by Gasteiger charge is -2.13. The Morgan fingerprint density at radius 3 is 2.06 bits per heavy atom. The second kappa shape index (κ2) is 4.33. The monoisotopic (exact) mass is 256 g/mol. The number of hydrogen-bond donors (Lipinski definition) is 1. The topological polar surface area (TPSA) is 20.2 Å². The Labute approximate surface area is 100 Å². The summed E-state index contributed by atoms with van der Waals surface area (Å²) in [5, 5.41) is 9.28. The second-order valence-corrected chi connectivity index (χ2v) is 3.73. The average molecular weight is 256 g/mol. The van der Waals surface area contributed by atoms with Gasteiger partial charge in [0.25, 0.3) is 0 Å². The molecule has 0 aliphatic rings. The standard InChI is InChI=1S/C13H8F4O/c14-9-3-1-8(2-4-9)11-7-10(18)5-6-12(11)13(15,16)17/h1-7,18H. The molecule has 0 saturated carbocycles. The van der Waals surface area contributed by atoms with E-state index in [0.29, 0.717) is 0 Å². The summed E-state index contributed by atoms with van der Waals surface area (Å²) < 4.78 is 51.1. The Morgan fingerprint density at radius 1 is 0.889 bits per heavy atom. The van der Waals surface area contributed by atoms with Crippen molar-refractivity contribution in [3.8, 4) is 16.9 Å². The van der Waals surface area contributed by atoms with Gasteiger partial charge in [-0.05, 0) is 41.5 Å². The fourth-order valence-corrected chi connectivity index (χ4v) is 1.65. The number of phenols is 1. The summed E-state index contributed by atoms with van der Waals surface area (Å²) in [4.78, 5) is 0. The molecule has 0 aliphatic carbocycles. The molecule has 0 atom stereocenters. The molecule has 1 N–H and O–H groups in total. The van der Waals surface area contributed by atoms with E-state index < -0.39 is 17.6 Å². The van der Waals surface area contributed by atoms with E-state index in [-0.39, 0.29) is 16.9 Å². The zero-order valence-corrected chi connectivity index (χ0v) is 9.00. The van der Waals surface area contributed by atoms with Gasteiger partial charge in [-0.25, -0.2) is 4.39 Å². The van der Waals surface area contributed by atoms with Gasteiger partial charge in [-0.3, -0.25) is 0 Å². The lowest BCUT2D eigenvalue weighted by molar-refractivity contribution is -0.137. The van der Waals surface area contributed by atoms with Crippen molar-refractivity contribution >= 4 is 0 Å². The third kappa shape index (κ3) is 2.45. The van der Waals surface area contributed by atoms with Crippen LogP contribution in [-0.2, 0) is 6.18 Å². The first-order chi connectivity index (χ1) is 8.38. The van der Waals surface area contributed by atoms with Crippen LogP contribution in [0.25, 0.3) is 11.1 Å². The van der Waals surface area contributed by atoms with Crippen LogP contribution in [0.4, 0.5) is 17.6 Å². The number of benzene rings is 2. The minimum atomic E-state index is -4.53. The molecular formula is C13H8F4O. The van der Waals surface area contributed by atoms with E-state index >= 15 is 0 Å². The zero-order chi connectivity index (χ0) is 13.3. The summed E-state index contributed by atoms with van der Waals surface area (Å²) in [5.74, 6) is -0.810. The normalized spacial score (nSPS) is 11.6. The van der Waals surface area contributed by atoms with E-state index in [0.717, 1.165) is 30.3 Å². The Kier molecular flexibility index (Phi) is 2.98. The minimum Gasteiger partial charge on any atom is -0.508 e. The number of phenolic OH excluding ortho intramolecular Hbond substituents is 1. The van der Waals surface area contributed by atoms with E-state index in [1.165, 1.54) is 12.1 Å². The first kappa shape index (κ1) is 12.4. The van der Waals surface area contributed by atoms with Crippen molar-refractivity contribution in [3.05, 3.63) is 53.8 Å². The maximum Gasteiger partial charge on any atom is 0.417 e. The first-order valence-corrected chi connectivity index (χ1v) is 5.04. The van der Waals surface area contributed by atoms with Gasteiger partial charge in [-0.1, -0.05) is 12.1 Å². The third-order valence-electron chi connectivity index (χ3n) is 2.46. The highest BCUT2D eigenvalue weighted by molar-refractivity contribution is 5.69. The maximum atomic E-state index is 12.8. The highest BCUT2D eigenvalue weighted by Gasteiger charge is 2.33. The van der Waals surface area contributed by atoms with Gasteiger partial charge in [0.05, 0.1) is 5.56 Å². The van der Waals surface area contributed by atoms with Crippen LogP contribution in [0.5, 0.6) is 5.75 Å². The SMILES string of the molecule is Oc1ccc(C(F)(F)F)c(-c2ccc(F)cc2)c1. The van der Waals surface area contributed by atoms with Crippen molar-refractivity contribution in [2.24, 2.45) is 0 Å². The van der Waals surface area contributed by atoms with Crippen LogP contribution >= 0.6 is 0 Å². The van der Waals surface area contributed by atoms with Crippen molar-refractivity contribution in [2.45, 2.75) is 6.18 Å². The summed E-state index contributed by atoms with van der Waals surface area (Å²) in [6, 6.07) is 7.39. The molecule has 0 fully saturated rings. The Morgan fingerprint density at radius 2 is 1.50 bits per heavy atom. The number of rotatable bonds is 1. The van der Waals surface area contributed by atoms with E-state index in [9.17, 15) is 22.7 Å².